The molecule has 2 aromatic rings. The number of hydrogen-bond donors (Lipinski definition) is 2. The second-order valence-corrected chi connectivity index (χ2v) is 5.74. The molecule has 0 atom stereocenters. The van der Waals surface area contributed by atoms with Crippen LogP contribution in [0.1, 0.15) is 6.42 Å². The molecule has 5 nitrogen and oxygen atoms in total. The fourth-order valence-electron chi connectivity index (χ4n) is 2.12. The van der Waals surface area contributed by atoms with Crippen LogP contribution in [0.2, 0.25) is 10.0 Å². The van der Waals surface area contributed by atoms with Crippen LogP contribution in [0, 0.1) is 0 Å². The minimum absolute atomic E-state index is 0.101. The van der Waals surface area contributed by atoms with Crippen molar-refractivity contribution in [2.75, 3.05) is 24.0 Å². The van der Waals surface area contributed by atoms with Crippen molar-refractivity contribution < 1.29 is 14.3 Å². The second kappa shape index (κ2) is 6.98. The Morgan fingerprint density at radius 3 is 2.61 bits per heavy atom. The van der Waals surface area contributed by atoms with Crippen LogP contribution in [-0.2, 0) is 4.79 Å². The lowest BCUT2D eigenvalue weighted by Gasteiger charge is -2.09. The van der Waals surface area contributed by atoms with E-state index in [1.807, 2.05) is 6.07 Å². The normalized spacial score (nSPS) is 12.1. The molecule has 2 N–H and O–H groups in total. The van der Waals surface area contributed by atoms with Gasteiger partial charge in [-0.3, -0.25) is 4.79 Å². The van der Waals surface area contributed by atoms with E-state index >= 15 is 0 Å². The molecule has 0 aliphatic carbocycles. The molecule has 0 unspecified atom stereocenters. The van der Waals surface area contributed by atoms with E-state index in [-0.39, 0.29) is 12.7 Å². The Kier molecular flexibility index (Phi) is 4.79. The molecule has 0 saturated heterocycles. The lowest BCUT2D eigenvalue weighted by molar-refractivity contribution is -0.115. The number of amides is 1. The van der Waals surface area contributed by atoms with Gasteiger partial charge < -0.3 is 20.1 Å². The molecule has 1 heterocycles. The first-order valence-corrected chi connectivity index (χ1v) is 7.76. The topological polar surface area (TPSA) is 59.6 Å². The maximum atomic E-state index is 12.0. The first-order chi connectivity index (χ1) is 11.1. The summed E-state index contributed by atoms with van der Waals surface area (Å²) in [5.74, 6) is 1.22. The molecule has 0 saturated carbocycles. The number of anilines is 2. The molecule has 23 heavy (non-hydrogen) atoms. The smallest absolute Gasteiger partial charge is 0.231 e. The minimum atomic E-state index is -0.101. The zero-order valence-corrected chi connectivity index (χ0v) is 13.6. The summed E-state index contributed by atoms with van der Waals surface area (Å²) >= 11 is 11.8. The molecule has 1 aliphatic heterocycles. The van der Waals surface area contributed by atoms with Crippen LogP contribution < -0.4 is 20.1 Å². The third-order valence-electron chi connectivity index (χ3n) is 3.26. The summed E-state index contributed by atoms with van der Waals surface area (Å²) < 4.78 is 10.5. The predicted molar refractivity (Wildman–Crippen MR) is 90.8 cm³/mol. The van der Waals surface area contributed by atoms with E-state index in [0.29, 0.717) is 40.2 Å². The summed E-state index contributed by atoms with van der Waals surface area (Å²) in [4.78, 5) is 12.0. The Morgan fingerprint density at radius 2 is 1.78 bits per heavy atom. The van der Waals surface area contributed by atoms with Crippen molar-refractivity contribution in [1.82, 2.24) is 0 Å². The Morgan fingerprint density at radius 1 is 1.00 bits per heavy atom. The molecule has 3 rings (SSSR count). The minimum Gasteiger partial charge on any atom is -0.454 e. The molecule has 0 aromatic heterocycles. The summed E-state index contributed by atoms with van der Waals surface area (Å²) in [5.41, 5.74) is 1.49. The van der Waals surface area contributed by atoms with Crippen LogP contribution >= 0.6 is 23.2 Å². The molecule has 0 bridgehead atoms. The summed E-state index contributed by atoms with van der Waals surface area (Å²) in [7, 11) is 0. The zero-order valence-electron chi connectivity index (χ0n) is 12.1. The van der Waals surface area contributed by atoms with Gasteiger partial charge in [0, 0.05) is 30.4 Å². The monoisotopic (exact) mass is 352 g/mol. The van der Waals surface area contributed by atoms with E-state index in [0.717, 1.165) is 5.69 Å². The van der Waals surface area contributed by atoms with Crippen LogP contribution in [0.25, 0.3) is 0 Å². The molecule has 0 spiro atoms. The number of benzene rings is 2. The SMILES string of the molecule is O=C(CCNc1ccc(Cl)c(Cl)c1)Nc1ccc2c(c1)OCO2. The number of fused-ring (bicyclic) bond motifs is 1. The van der Waals surface area contributed by atoms with Crippen molar-refractivity contribution in [3.63, 3.8) is 0 Å². The standard InChI is InChI=1S/C16H14Cl2N2O3/c17-12-3-1-10(7-13(12)18)19-6-5-16(21)20-11-2-4-14-15(8-11)23-9-22-14/h1-4,7-8,19H,5-6,9H2,(H,20,21). The van der Waals surface area contributed by atoms with Gasteiger partial charge in [0.2, 0.25) is 12.7 Å². The maximum Gasteiger partial charge on any atom is 0.231 e. The third kappa shape index (κ3) is 4.00. The first kappa shape index (κ1) is 15.8. The van der Waals surface area contributed by atoms with E-state index < -0.39 is 0 Å². The molecule has 1 amide bonds. The quantitative estimate of drug-likeness (QED) is 0.847. The van der Waals surface area contributed by atoms with Gasteiger partial charge >= 0.3 is 0 Å². The Balaban J connectivity index is 1.49. The fraction of sp³-hybridized carbons (Fsp3) is 0.188. The van der Waals surface area contributed by atoms with E-state index in [4.69, 9.17) is 32.7 Å². The third-order valence-corrected chi connectivity index (χ3v) is 4.00. The lowest BCUT2D eigenvalue weighted by Crippen LogP contribution is -2.16. The Labute approximate surface area is 143 Å². The van der Waals surface area contributed by atoms with Crippen LogP contribution in [0.5, 0.6) is 11.5 Å². The van der Waals surface area contributed by atoms with Gasteiger partial charge in [0.25, 0.3) is 0 Å². The zero-order chi connectivity index (χ0) is 16.2. The molecule has 0 fully saturated rings. The molecular formula is C16H14Cl2N2O3. The van der Waals surface area contributed by atoms with E-state index in [1.165, 1.54) is 0 Å². The van der Waals surface area contributed by atoms with Gasteiger partial charge in [-0.1, -0.05) is 23.2 Å². The number of nitrogens with one attached hydrogen (secondary N) is 2. The van der Waals surface area contributed by atoms with Crippen LogP contribution in [-0.4, -0.2) is 19.2 Å². The van der Waals surface area contributed by atoms with Gasteiger partial charge in [-0.05, 0) is 30.3 Å². The second-order valence-electron chi connectivity index (χ2n) is 4.92. The summed E-state index contributed by atoms with van der Waals surface area (Å²) in [6, 6.07) is 10.5. The number of hydrogen-bond acceptors (Lipinski definition) is 4. The van der Waals surface area contributed by atoms with E-state index in [1.54, 1.807) is 30.3 Å². The summed E-state index contributed by atoms with van der Waals surface area (Å²) in [6.07, 6.45) is 0.314. The molecular weight excluding hydrogens is 339 g/mol. The van der Waals surface area contributed by atoms with Crippen molar-refractivity contribution in [1.29, 1.82) is 0 Å². The average Bonchev–Trinajstić information content (AvgIpc) is 2.98. The average molecular weight is 353 g/mol. The highest BCUT2D eigenvalue weighted by Crippen LogP contribution is 2.34. The molecule has 2 aromatic carbocycles. The Bertz CT molecular complexity index is 737. The molecule has 120 valence electrons. The predicted octanol–water partition coefficient (Wildman–Crippen LogP) is 4.16. The van der Waals surface area contributed by atoms with Gasteiger partial charge in [-0.15, -0.1) is 0 Å². The highest BCUT2D eigenvalue weighted by molar-refractivity contribution is 6.42. The van der Waals surface area contributed by atoms with Crippen LogP contribution in [0.4, 0.5) is 11.4 Å². The highest BCUT2D eigenvalue weighted by atomic mass is 35.5. The molecule has 0 radical (unpaired) electrons. The Hall–Kier alpha value is -2.11. The van der Waals surface area contributed by atoms with Crippen LogP contribution in [0.3, 0.4) is 0 Å². The molecule has 1 aliphatic rings. The van der Waals surface area contributed by atoms with Crippen molar-refractivity contribution >= 4 is 40.5 Å². The van der Waals surface area contributed by atoms with E-state index in [2.05, 4.69) is 10.6 Å². The number of ether oxygens (including phenoxy) is 2. The van der Waals surface area contributed by atoms with Gasteiger partial charge in [-0.25, -0.2) is 0 Å². The van der Waals surface area contributed by atoms with Gasteiger partial charge in [0.05, 0.1) is 10.0 Å². The van der Waals surface area contributed by atoms with Crippen molar-refractivity contribution in [3.8, 4) is 11.5 Å². The maximum absolute atomic E-state index is 12.0. The summed E-state index contributed by atoms with van der Waals surface area (Å²) in [6.45, 7) is 0.689. The van der Waals surface area contributed by atoms with Crippen molar-refractivity contribution in [2.45, 2.75) is 6.42 Å². The number of halogens is 2. The van der Waals surface area contributed by atoms with E-state index in [9.17, 15) is 4.79 Å². The highest BCUT2D eigenvalue weighted by Gasteiger charge is 2.14. The van der Waals surface area contributed by atoms with Gasteiger partial charge in [0.1, 0.15) is 0 Å². The number of rotatable bonds is 5. The largest absolute Gasteiger partial charge is 0.454 e. The van der Waals surface area contributed by atoms with Crippen molar-refractivity contribution in [2.24, 2.45) is 0 Å². The lowest BCUT2D eigenvalue weighted by atomic mass is 10.2. The number of carbonyl (C=O) groups is 1. The van der Waals surface area contributed by atoms with Crippen molar-refractivity contribution in [3.05, 3.63) is 46.4 Å². The summed E-state index contributed by atoms with van der Waals surface area (Å²) in [5, 5.41) is 6.91. The van der Waals surface area contributed by atoms with Gasteiger partial charge in [-0.2, -0.15) is 0 Å². The van der Waals surface area contributed by atoms with Gasteiger partial charge in [0.15, 0.2) is 11.5 Å². The number of carbonyl (C=O) groups excluding carboxylic acids is 1. The molecule has 7 heteroatoms. The fourth-order valence-corrected chi connectivity index (χ4v) is 2.42. The van der Waals surface area contributed by atoms with Crippen LogP contribution in [0.15, 0.2) is 36.4 Å². The first-order valence-electron chi connectivity index (χ1n) is 7.00.